The highest BCUT2D eigenvalue weighted by molar-refractivity contribution is 14.1. The number of carbonyl (C=O) groups excluding carboxylic acids is 1. The molecule has 6 heterocycles. The lowest BCUT2D eigenvalue weighted by Gasteiger charge is -2.56. The van der Waals surface area contributed by atoms with Crippen LogP contribution in [0.2, 0.25) is 90.7 Å². The summed E-state index contributed by atoms with van der Waals surface area (Å²) in [5.41, 5.74) is 2.27. The molecule has 0 aromatic rings. The van der Waals surface area contributed by atoms with E-state index in [9.17, 15) is 0 Å². The van der Waals surface area contributed by atoms with Gasteiger partial charge in [-0.3, -0.25) is 4.79 Å². The zero-order valence-corrected chi connectivity index (χ0v) is 69.9. The number of fused-ring (bicyclic) bond motifs is 1. The van der Waals surface area contributed by atoms with Crippen molar-refractivity contribution in [3.63, 3.8) is 0 Å². The van der Waals surface area contributed by atoms with E-state index in [2.05, 4.69) is 223 Å². The fraction of sp³-hybridized carbons (Fsp3) is 0.903. The van der Waals surface area contributed by atoms with E-state index in [0.717, 1.165) is 50.5 Å². The molecular weight excluding hydrogens is 1340 g/mol. The van der Waals surface area contributed by atoms with Gasteiger partial charge in [-0.25, -0.2) is 0 Å². The van der Waals surface area contributed by atoms with Crippen molar-refractivity contribution < 1.29 is 60.1 Å². The van der Waals surface area contributed by atoms with Crippen LogP contribution in [-0.2, 0) is 60.1 Å². The van der Waals surface area contributed by atoms with E-state index < -0.39 is 66.0 Å². The molecule has 0 bridgehead atoms. The first-order valence-corrected chi connectivity index (χ1v) is 51.3. The maximum atomic E-state index is 15.4. The van der Waals surface area contributed by atoms with Crippen molar-refractivity contribution >= 4 is 70.0 Å². The zero-order valence-electron chi connectivity index (χ0n) is 62.8. The number of ether oxygens (including phenoxy) is 7. The quantitative estimate of drug-likeness (QED) is 0.0440. The largest absolute Gasteiger partial charge is 0.414 e. The molecule has 91 heavy (non-hydrogen) atoms. The van der Waals surface area contributed by atoms with Crippen molar-refractivity contribution in [2.75, 3.05) is 19.8 Å². The van der Waals surface area contributed by atoms with Gasteiger partial charge in [0.2, 0.25) is 0 Å². The van der Waals surface area contributed by atoms with E-state index in [1.807, 2.05) is 0 Å². The van der Waals surface area contributed by atoms with E-state index in [1.165, 1.54) is 5.57 Å². The van der Waals surface area contributed by atoms with Crippen molar-refractivity contribution in [3.05, 3.63) is 34.5 Å². The lowest BCUT2D eigenvalue weighted by Crippen LogP contribution is -2.69. The van der Waals surface area contributed by atoms with Gasteiger partial charge in [0.1, 0.15) is 30.2 Å². The molecule has 0 aromatic carbocycles. The monoisotopic (exact) mass is 1470 g/mol. The van der Waals surface area contributed by atoms with E-state index in [0.29, 0.717) is 51.9 Å². The molecule has 0 saturated carbocycles. The predicted octanol–water partition coefficient (Wildman–Crippen LogP) is 19.0. The highest BCUT2D eigenvalue weighted by Crippen LogP contribution is 2.50. The average molecular weight is 1480 g/mol. The fourth-order valence-corrected chi connectivity index (χ4v) is 19.5. The molecule has 6 aliphatic heterocycles. The molecule has 0 aromatic heterocycles. The second-order valence-corrected chi connectivity index (χ2v) is 61.0. The van der Waals surface area contributed by atoms with Crippen LogP contribution in [0.3, 0.4) is 0 Å². The lowest BCUT2D eigenvalue weighted by atomic mass is 9.78. The lowest BCUT2D eigenvalue weighted by molar-refractivity contribution is -0.266. The molecule has 0 aliphatic carbocycles. The smallest absolute Gasteiger partial charge is 0.193 e. The third-order valence-corrected chi connectivity index (χ3v) is 47.1. The third kappa shape index (κ3) is 20.7. The molecule has 0 spiro atoms. The Morgan fingerprint density at radius 1 is 0.604 bits per heavy atom. The van der Waals surface area contributed by atoms with Crippen LogP contribution in [0.4, 0.5) is 0 Å². The first-order chi connectivity index (χ1) is 41.5. The normalized spacial score (nSPS) is 32.5. The van der Waals surface area contributed by atoms with Gasteiger partial charge in [0.05, 0.1) is 80.9 Å². The number of halogens is 1. The van der Waals surface area contributed by atoms with E-state index in [-0.39, 0.29) is 116 Å². The summed E-state index contributed by atoms with van der Waals surface area (Å²) in [6.45, 7) is 73.5. The van der Waals surface area contributed by atoms with Gasteiger partial charge in [-0.05, 0) is 175 Å². The maximum absolute atomic E-state index is 15.4. The number of carbonyl (C=O) groups is 1. The highest BCUT2D eigenvalue weighted by Gasteiger charge is 2.59. The molecule has 19 heteroatoms. The van der Waals surface area contributed by atoms with Crippen molar-refractivity contribution in [1.29, 1.82) is 0 Å². The van der Waals surface area contributed by atoms with Crippen molar-refractivity contribution in [2.24, 2.45) is 17.8 Å². The highest BCUT2D eigenvalue weighted by atomic mass is 127. The van der Waals surface area contributed by atoms with Gasteiger partial charge in [0, 0.05) is 32.1 Å². The van der Waals surface area contributed by atoms with Crippen molar-refractivity contribution in [3.8, 4) is 0 Å². The van der Waals surface area contributed by atoms with Gasteiger partial charge >= 0.3 is 0 Å². The summed E-state index contributed by atoms with van der Waals surface area (Å²) >= 11 is 2.33. The molecule has 528 valence electrons. The van der Waals surface area contributed by atoms with Gasteiger partial charge in [-0.15, -0.1) is 0 Å². The minimum atomic E-state index is -2.48. The number of Topliss-reactive ketones (excluding diaryl/α,β-unsaturated/α-hetero) is 1. The Labute approximate surface area is 575 Å². The van der Waals surface area contributed by atoms with E-state index >= 15 is 4.79 Å². The second-order valence-electron chi connectivity index (χ2n) is 36.4. The van der Waals surface area contributed by atoms with Crippen LogP contribution in [0, 0.1) is 17.8 Å². The molecule has 0 amide bonds. The summed E-state index contributed by atoms with van der Waals surface area (Å²) in [4.78, 5) is 15.4. The van der Waals surface area contributed by atoms with Crippen LogP contribution in [0.1, 0.15) is 195 Å². The SMILES string of the molecule is C=C1C[C@H](CCC2OCCO2)O[C@H]1CC[C@H]1C[C@H](C)C(=C)[C@@H](C[C@@H]2O[C@H](C[C@@H](CO[Si](C)(C)C(C)(C)C)O[Si](C)(C)C(C)(C)C)C(C)[C@H]2CC(=O)C[C@H]2CC[C@@H]3OC([C@H](/C=C/I)O[Si](C)(C)C(C)(C)C)C(O[Si](C)(C)C(C)(C)C)C(O[Si](C)(C)C(C)(C)C)C3O2)O1. The van der Waals surface area contributed by atoms with Gasteiger partial charge in [-0.1, -0.05) is 153 Å². The Kier molecular flexibility index (Phi) is 27.3. The molecule has 0 radical (unpaired) electrons. The summed E-state index contributed by atoms with van der Waals surface area (Å²) in [5.74, 6) is 0.443. The van der Waals surface area contributed by atoms with Gasteiger partial charge in [-0.2, -0.15) is 0 Å². The minimum Gasteiger partial charge on any atom is -0.414 e. The number of hydrogen-bond donors (Lipinski definition) is 0. The summed E-state index contributed by atoms with van der Waals surface area (Å²) < 4.78 is 87.0. The van der Waals surface area contributed by atoms with Crippen LogP contribution in [-0.4, -0.2) is 159 Å². The average Bonchev–Trinajstić information content (AvgIpc) is 1.58. The molecule has 17 atom stereocenters. The standard InChI is InChI=1S/C72H135IO13Si5/c1-47-40-52(30-33-57-48(2)41-53(78-57)32-35-63-75-38-39-76-63)79-61(49(47)3)45-62-56(50(4)60(81-62)44-55(83-88(22,23)69(8,9)10)46-77-87(20,21)68(5,6)7)43-51(74)42-54-31-34-58-64(80-54)66(85-90(26,27)71(14,15)16)67(86-91(28,29)72(17,18)19)65(82-58)59(36-37-73)84-89(24,25)70(11,12)13/h36-37,47,50,52-67H,2-3,30-35,38-46H2,1,4-29H3/b37-36+/t47-,50?,52-,53-,54+,55-,56+,57-,58-,59-,60+,61+,62-,64?,65?,66?,67?/m0/s1. The van der Waals surface area contributed by atoms with E-state index in [4.69, 9.17) is 61.9 Å². The first-order valence-electron chi connectivity index (χ1n) is 35.5. The van der Waals surface area contributed by atoms with Crippen molar-refractivity contribution in [2.45, 2.75) is 377 Å². The Morgan fingerprint density at radius 2 is 1.14 bits per heavy atom. The summed E-state index contributed by atoms with van der Waals surface area (Å²) in [7, 11) is -11.7. The molecule has 6 aliphatic rings. The molecule has 5 unspecified atom stereocenters. The number of hydrogen-bond acceptors (Lipinski definition) is 13. The van der Waals surface area contributed by atoms with Crippen LogP contribution >= 0.6 is 22.6 Å². The Morgan fingerprint density at radius 3 is 1.70 bits per heavy atom. The first kappa shape index (κ1) is 80.2. The summed E-state index contributed by atoms with van der Waals surface area (Å²) in [6, 6.07) is 0. The summed E-state index contributed by atoms with van der Waals surface area (Å²) in [6.07, 6.45) is 7.29. The Bertz CT molecular complexity index is 2410. The fourth-order valence-electron chi connectivity index (χ4n) is 12.8. The van der Waals surface area contributed by atoms with Gasteiger partial charge in [0.25, 0.3) is 0 Å². The van der Waals surface area contributed by atoms with Gasteiger partial charge < -0.3 is 55.3 Å². The molecule has 6 fully saturated rings. The van der Waals surface area contributed by atoms with Crippen LogP contribution in [0.25, 0.3) is 0 Å². The molecule has 13 nitrogen and oxygen atoms in total. The van der Waals surface area contributed by atoms with Gasteiger partial charge in [0.15, 0.2) is 47.9 Å². The van der Waals surface area contributed by atoms with Crippen molar-refractivity contribution in [1.82, 2.24) is 0 Å². The van der Waals surface area contributed by atoms with Crippen LogP contribution in [0.15, 0.2) is 34.5 Å². The maximum Gasteiger partial charge on any atom is 0.193 e. The van der Waals surface area contributed by atoms with E-state index in [1.54, 1.807) is 0 Å². The summed E-state index contributed by atoms with van der Waals surface area (Å²) in [5, 5.41) is -0.166. The molecular formula is C72H135IO13Si5. The van der Waals surface area contributed by atoms with Crippen LogP contribution < -0.4 is 0 Å². The zero-order chi connectivity index (χ0) is 68.6. The third-order valence-electron chi connectivity index (χ3n) is 24.2. The molecule has 0 N–H and O–H groups in total. The molecule has 6 saturated heterocycles. The van der Waals surface area contributed by atoms with Crippen LogP contribution in [0.5, 0.6) is 0 Å². The second kappa shape index (κ2) is 31.0. The minimum absolute atomic E-state index is 0.00232. The molecule has 6 rings (SSSR count). The number of rotatable bonds is 27. The Hall–Kier alpha value is 0.224. The Balaban J connectivity index is 1.29. The topological polar surface area (TPSA) is 128 Å². The number of ketones is 1. The predicted molar refractivity (Wildman–Crippen MR) is 394 cm³/mol.